The van der Waals surface area contributed by atoms with Crippen molar-refractivity contribution in [3.8, 4) is 0 Å². The summed E-state index contributed by atoms with van der Waals surface area (Å²) in [6.07, 6.45) is 0. The molecule has 114 valence electrons. The smallest absolute Gasteiger partial charge is 0.320 e. The van der Waals surface area contributed by atoms with Gasteiger partial charge in [0.05, 0.1) is 6.54 Å². The van der Waals surface area contributed by atoms with Crippen LogP contribution in [0, 0.1) is 0 Å². The predicted octanol–water partition coefficient (Wildman–Crippen LogP) is 0.849. The molecule has 0 fully saturated rings. The third kappa shape index (κ3) is 12.1. The van der Waals surface area contributed by atoms with Crippen LogP contribution in [-0.4, -0.2) is 62.3 Å². The van der Waals surface area contributed by atoms with Crippen LogP contribution in [-0.2, 0) is 9.53 Å². The molecule has 5 nitrogen and oxygen atoms in total. The second-order valence-electron chi connectivity index (χ2n) is 5.57. The highest BCUT2D eigenvalue weighted by Crippen LogP contribution is 2.07. The van der Waals surface area contributed by atoms with Crippen LogP contribution in [0.5, 0.6) is 0 Å². The van der Waals surface area contributed by atoms with Gasteiger partial charge in [0.15, 0.2) is 0 Å². The van der Waals surface area contributed by atoms with E-state index in [1.54, 1.807) is 0 Å². The third-order valence-corrected chi connectivity index (χ3v) is 2.48. The molecule has 0 saturated heterocycles. The number of likely N-dealkylation sites (N-methyl/N-ethyl adjacent to an activating group) is 2. The third-order valence-electron chi connectivity index (χ3n) is 2.48. The molecule has 5 heteroatoms. The minimum absolute atomic E-state index is 0.152. The Balaban J connectivity index is 4.11. The molecule has 0 spiro atoms. The van der Waals surface area contributed by atoms with E-state index < -0.39 is 5.60 Å². The Kier molecular flexibility index (Phi) is 9.83. The first-order valence-corrected chi connectivity index (χ1v) is 7.24. The standard InChI is InChI=1S/C14H31N3O2/c1-6-15-8-10-17(11-9-16-7-2)12-13(18)19-14(3,4)5/h15-16H,6-12H2,1-5H3. The van der Waals surface area contributed by atoms with Crippen molar-refractivity contribution in [3.05, 3.63) is 0 Å². The van der Waals surface area contributed by atoms with Gasteiger partial charge in [0.2, 0.25) is 0 Å². The lowest BCUT2D eigenvalue weighted by Gasteiger charge is -2.25. The molecule has 0 aliphatic rings. The number of rotatable bonds is 10. The highest BCUT2D eigenvalue weighted by Gasteiger charge is 2.18. The van der Waals surface area contributed by atoms with Gasteiger partial charge in [-0.3, -0.25) is 9.69 Å². The molecule has 2 N–H and O–H groups in total. The van der Waals surface area contributed by atoms with Gasteiger partial charge in [-0.25, -0.2) is 0 Å². The number of carbonyl (C=O) groups is 1. The van der Waals surface area contributed by atoms with Gasteiger partial charge in [0.1, 0.15) is 5.60 Å². The Hall–Kier alpha value is -0.650. The first-order chi connectivity index (χ1) is 8.89. The van der Waals surface area contributed by atoms with E-state index in [0.717, 1.165) is 39.3 Å². The molecule has 0 bridgehead atoms. The summed E-state index contributed by atoms with van der Waals surface area (Å²) in [4.78, 5) is 14.0. The maximum atomic E-state index is 11.8. The zero-order valence-corrected chi connectivity index (χ0v) is 13.2. The molecule has 0 rings (SSSR count). The monoisotopic (exact) mass is 273 g/mol. The van der Waals surface area contributed by atoms with Gasteiger partial charge in [-0.15, -0.1) is 0 Å². The summed E-state index contributed by atoms with van der Waals surface area (Å²) in [7, 11) is 0. The number of nitrogens with one attached hydrogen (secondary N) is 2. The molecule has 19 heavy (non-hydrogen) atoms. The summed E-state index contributed by atoms with van der Waals surface area (Å²) in [6, 6.07) is 0. The highest BCUT2D eigenvalue weighted by atomic mass is 16.6. The van der Waals surface area contributed by atoms with Crippen LogP contribution < -0.4 is 10.6 Å². The van der Waals surface area contributed by atoms with Crippen LogP contribution >= 0.6 is 0 Å². The van der Waals surface area contributed by atoms with Crippen LogP contribution in [0.2, 0.25) is 0 Å². The fourth-order valence-electron chi connectivity index (χ4n) is 1.65. The van der Waals surface area contributed by atoms with Crippen molar-refractivity contribution in [3.63, 3.8) is 0 Å². The SMILES string of the molecule is CCNCCN(CCNCC)CC(=O)OC(C)(C)C. The lowest BCUT2D eigenvalue weighted by atomic mass is 10.2. The van der Waals surface area contributed by atoms with Crippen LogP contribution in [0.25, 0.3) is 0 Å². The topological polar surface area (TPSA) is 53.6 Å². The van der Waals surface area contributed by atoms with Gasteiger partial charge >= 0.3 is 5.97 Å². The first kappa shape index (κ1) is 18.4. The summed E-state index contributed by atoms with van der Waals surface area (Å²) in [5.41, 5.74) is -0.411. The maximum Gasteiger partial charge on any atom is 0.320 e. The lowest BCUT2D eigenvalue weighted by molar-refractivity contribution is -0.156. The fraction of sp³-hybridized carbons (Fsp3) is 0.929. The zero-order valence-electron chi connectivity index (χ0n) is 13.2. The molecular weight excluding hydrogens is 242 g/mol. The normalized spacial score (nSPS) is 11.9. The molecule has 0 aromatic heterocycles. The van der Waals surface area contributed by atoms with Gasteiger partial charge in [0.25, 0.3) is 0 Å². The number of hydrogen-bond acceptors (Lipinski definition) is 5. The molecule has 0 aromatic carbocycles. The van der Waals surface area contributed by atoms with Crippen molar-refractivity contribution < 1.29 is 9.53 Å². The minimum atomic E-state index is -0.411. The fourth-order valence-corrected chi connectivity index (χ4v) is 1.65. The molecule has 0 unspecified atom stereocenters. The molecule has 0 radical (unpaired) electrons. The number of ether oxygens (including phenoxy) is 1. The van der Waals surface area contributed by atoms with Gasteiger partial charge in [-0.05, 0) is 33.9 Å². The highest BCUT2D eigenvalue weighted by molar-refractivity contribution is 5.72. The van der Waals surface area contributed by atoms with Crippen LogP contribution in [0.1, 0.15) is 34.6 Å². The summed E-state index contributed by atoms with van der Waals surface area (Å²) in [5.74, 6) is -0.152. The largest absolute Gasteiger partial charge is 0.459 e. The molecular formula is C14H31N3O2. The maximum absolute atomic E-state index is 11.8. The van der Waals surface area contributed by atoms with Crippen molar-refractivity contribution >= 4 is 5.97 Å². The van der Waals surface area contributed by atoms with Crippen molar-refractivity contribution in [2.45, 2.75) is 40.2 Å². The summed E-state index contributed by atoms with van der Waals surface area (Å²) >= 11 is 0. The van der Waals surface area contributed by atoms with E-state index in [9.17, 15) is 4.79 Å². The van der Waals surface area contributed by atoms with E-state index >= 15 is 0 Å². The van der Waals surface area contributed by atoms with Crippen LogP contribution in [0.15, 0.2) is 0 Å². The molecule has 0 saturated carbocycles. The second-order valence-corrected chi connectivity index (χ2v) is 5.57. The van der Waals surface area contributed by atoms with E-state index in [0.29, 0.717) is 6.54 Å². The quantitative estimate of drug-likeness (QED) is 0.456. The van der Waals surface area contributed by atoms with E-state index in [1.165, 1.54) is 0 Å². The average Bonchev–Trinajstić information content (AvgIpc) is 2.26. The molecule has 0 aliphatic heterocycles. The van der Waals surface area contributed by atoms with Crippen molar-refractivity contribution in [1.82, 2.24) is 15.5 Å². The zero-order chi connectivity index (χ0) is 14.7. The number of hydrogen-bond donors (Lipinski definition) is 2. The van der Waals surface area contributed by atoms with E-state index in [-0.39, 0.29) is 5.97 Å². The Morgan fingerprint density at radius 1 is 1.05 bits per heavy atom. The van der Waals surface area contributed by atoms with Crippen molar-refractivity contribution in [2.75, 3.05) is 45.8 Å². The van der Waals surface area contributed by atoms with Crippen LogP contribution in [0.3, 0.4) is 0 Å². The lowest BCUT2D eigenvalue weighted by Crippen LogP contribution is -2.41. The molecule has 0 heterocycles. The van der Waals surface area contributed by atoms with Crippen LogP contribution in [0.4, 0.5) is 0 Å². The average molecular weight is 273 g/mol. The Morgan fingerprint density at radius 3 is 1.89 bits per heavy atom. The van der Waals surface area contributed by atoms with Gasteiger partial charge in [-0.1, -0.05) is 13.8 Å². The Labute approximate surface area is 118 Å². The van der Waals surface area contributed by atoms with E-state index in [2.05, 4.69) is 29.4 Å². The number of esters is 1. The van der Waals surface area contributed by atoms with Gasteiger partial charge < -0.3 is 15.4 Å². The van der Waals surface area contributed by atoms with E-state index in [1.807, 2.05) is 20.8 Å². The molecule has 0 aliphatic carbocycles. The van der Waals surface area contributed by atoms with Crippen molar-refractivity contribution in [1.29, 1.82) is 0 Å². The number of carbonyl (C=O) groups excluding carboxylic acids is 1. The summed E-state index contributed by atoms with van der Waals surface area (Å²) in [6.45, 7) is 15.6. The number of nitrogens with zero attached hydrogens (tertiary/aromatic N) is 1. The van der Waals surface area contributed by atoms with Gasteiger partial charge in [-0.2, -0.15) is 0 Å². The second kappa shape index (κ2) is 10.2. The van der Waals surface area contributed by atoms with Gasteiger partial charge in [0, 0.05) is 26.2 Å². The van der Waals surface area contributed by atoms with E-state index in [4.69, 9.17) is 4.74 Å². The molecule has 0 aromatic rings. The Morgan fingerprint density at radius 2 is 1.53 bits per heavy atom. The van der Waals surface area contributed by atoms with Crippen molar-refractivity contribution in [2.24, 2.45) is 0 Å². The predicted molar refractivity (Wildman–Crippen MR) is 79.4 cm³/mol. The molecule has 0 amide bonds. The minimum Gasteiger partial charge on any atom is -0.459 e. The summed E-state index contributed by atoms with van der Waals surface area (Å²) < 4.78 is 5.36. The molecule has 0 atom stereocenters. The first-order valence-electron chi connectivity index (χ1n) is 7.24. The summed E-state index contributed by atoms with van der Waals surface area (Å²) in [5, 5.41) is 6.55. The Bertz CT molecular complexity index is 229.